The summed E-state index contributed by atoms with van der Waals surface area (Å²) >= 11 is 0. The van der Waals surface area contributed by atoms with Crippen molar-refractivity contribution in [3.8, 4) is 5.75 Å². The van der Waals surface area contributed by atoms with Crippen molar-refractivity contribution in [3.05, 3.63) is 78.4 Å². The number of urea groups is 1. The third-order valence-corrected chi connectivity index (χ3v) is 4.66. The molecule has 0 saturated carbocycles. The van der Waals surface area contributed by atoms with Crippen molar-refractivity contribution >= 4 is 17.6 Å². The Morgan fingerprint density at radius 2 is 1.84 bits per heavy atom. The highest BCUT2D eigenvalue weighted by Gasteiger charge is 2.10. The van der Waals surface area contributed by atoms with E-state index in [4.69, 9.17) is 4.74 Å². The molecule has 0 aliphatic rings. The normalized spacial score (nSPS) is 10.4. The number of aryl methyl sites for hydroxylation is 1. The number of carbonyl (C=O) groups excluding carboxylic acids is 2. The third-order valence-electron chi connectivity index (χ3n) is 4.66. The Bertz CT molecular complexity index is 986. The van der Waals surface area contributed by atoms with Gasteiger partial charge in [-0.2, -0.15) is 0 Å². The fourth-order valence-corrected chi connectivity index (χ4v) is 2.89. The topological polar surface area (TPSA) is 88.5 Å². The average molecular weight is 422 g/mol. The number of amides is 3. The van der Waals surface area contributed by atoms with E-state index >= 15 is 0 Å². The SMILES string of the molecule is CN(Cc1ccccc1)C(=O)NCCC(=O)Nc1ccc(OCc2nccn2C)cc1. The third kappa shape index (κ3) is 6.88. The molecule has 0 unspecified atom stereocenters. The number of anilines is 1. The summed E-state index contributed by atoms with van der Waals surface area (Å²) in [5.74, 6) is 1.34. The number of imidazole rings is 1. The van der Waals surface area contributed by atoms with Gasteiger partial charge in [0.1, 0.15) is 18.2 Å². The fourth-order valence-electron chi connectivity index (χ4n) is 2.89. The molecule has 0 spiro atoms. The second-order valence-electron chi connectivity index (χ2n) is 7.14. The molecule has 0 aliphatic heterocycles. The van der Waals surface area contributed by atoms with Crippen LogP contribution < -0.4 is 15.4 Å². The van der Waals surface area contributed by atoms with Crippen molar-refractivity contribution in [1.82, 2.24) is 19.8 Å². The largest absolute Gasteiger partial charge is 0.486 e. The highest BCUT2D eigenvalue weighted by molar-refractivity contribution is 5.91. The van der Waals surface area contributed by atoms with E-state index in [1.807, 2.05) is 48.1 Å². The Morgan fingerprint density at radius 3 is 2.52 bits per heavy atom. The smallest absolute Gasteiger partial charge is 0.317 e. The Labute approximate surface area is 181 Å². The molecule has 3 amide bonds. The molecule has 0 fully saturated rings. The fraction of sp³-hybridized carbons (Fsp3) is 0.261. The van der Waals surface area contributed by atoms with Crippen molar-refractivity contribution in [2.24, 2.45) is 7.05 Å². The minimum absolute atomic E-state index is 0.173. The minimum atomic E-state index is -0.217. The van der Waals surface area contributed by atoms with Gasteiger partial charge in [0, 0.05) is 51.7 Å². The number of rotatable bonds is 9. The van der Waals surface area contributed by atoms with E-state index in [0.717, 1.165) is 11.4 Å². The minimum Gasteiger partial charge on any atom is -0.486 e. The van der Waals surface area contributed by atoms with Crippen LogP contribution >= 0.6 is 0 Å². The summed E-state index contributed by atoms with van der Waals surface area (Å²) in [6, 6.07) is 16.7. The molecule has 31 heavy (non-hydrogen) atoms. The Hall–Kier alpha value is -3.81. The van der Waals surface area contributed by atoms with Crippen LogP contribution in [0.5, 0.6) is 5.75 Å². The van der Waals surface area contributed by atoms with Crippen LogP contribution in [0.4, 0.5) is 10.5 Å². The summed E-state index contributed by atoms with van der Waals surface area (Å²) < 4.78 is 7.59. The van der Waals surface area contributed by atoms with Crippen LogP contribution in [0.2, 0.25) is 0 Å². The molecule has 8 nitrogen and oxygen atoms in total. The second kappa shape index (κ2) is 10.8. The van der Waals surface area contributed by atoms with E-state index in [1.165, 1.54) is 0 Å². The van der Waals surface area contributed by atoms with E-state index in [-0.39, 0.29) is 24.9 Å². The van der Waals surface area contributed by atoms with Crippen molar-refractivity contribution in [2.75, 3.05) is 18.9 Å². The highest BCUT2D eigenvalue weighted by Crippen LogP contribution is 2.17. The molecular formula is C23H27N5O3. The number of aromatic nitrogens is 2. The van der Waals surface area contributed by atoms with Gasteiger partial charge in [-0.15, -0.1) is 0 Å². The van der Waals surface area contributed by atoms with E-state index < -0.39 is 0 Å². The van der Waals surface area contributed by atoms with Gasteiger partial charge in [0.05, 0.1) is 0 Å². The molecule has 8 heteroatoms. The number of nitrogens with one attached hydrogen (secondary N) is 2. The second-order valence-corrected chi connectivity index (χ2v) is 7.14. The Kier molecular flexibility index (Phi) is 7.64. The van der Waals surface area contributed by atoms with Crippen LogP contribution in [0, 0.1) is 0 Å². The lowest BCUT2D eigenvalue weighted by molar-refractivity contribution is -0.116. The Morgan fingerprint density at radius 1 is 1.10 bits per heavy atom. The maximum atomic E-state index is 12.2. The number of nitrogens with zero attached hydrogens (tertiary/aromatic N) is 3. The van der Waals surface area contributed by atoms with Crippen molar-refractivity contribution < 1.29 is 14.3 Å². The van der Waals surface area contributed by atoms with Crippen molar-refractivity contribution in [3.63, 3.8) is 0 Å². The molecule has 0 saturated heterocycles. The first kappa shape index (κ1) is 21.9. The average Bonchev–Trinajstić information content (AvgIpc) is 3.18. The summed E-state index contributed by atoms with van der Waals surface area (Å²) in [7, 11) is 3.63. The molecule has 0 bridgehead atoms. The predicted octanol–water partition coefficient (Wildman–Crippen LogP) is 3.17. The summed E-state index contributed by atoms with van der Waals surface area (Å²) in [5, 5.41) is 5.58. The quantitative estimate of drug-likeness (QED) is 0.555. The van der Waals surface area contributed by atoms with Gasteiger partial charge in [-0.05, 0) is 29.8 Å². The van der Waals surface area contributed by atoms with Gasteiger partial charge < -0.3 is 24.8 Å². The predicted molar refractivity (Wildman–Crippen MR) is 119 cm³/mol. The van der Waals surface area contributed by atoms with E-state index in [9.17, 15) is 9.59 Å². The molecule has 1 heterocycles. The first-order valence-electron chi connectivity index (χ1n) is 10.0. The number of hydrogen-bond acceptors (Lipinski definition) is 4. The van der Waals surface area contributed by atoms with Gasteiger partial charge in [0.25, 0.3) is 0 Å². The van der Waals surface area contributed by atoms with Crippen LogP contribution in [0.1, 0.15) is 17.8 Å². The van der Waals surface area contributed by atoms with Crippen LogP contribution in [-0.4, -0.2) is 40.0 Å². The number of benzene rings is 2. The van der Waals surface area contributed by atoms with E-state index in [0.29, 0.717) is 24.6 Å². The van der Waals surface area contributed by atoms with Crippen LogP contribution in [-0.2, 0) is 25.0 Å². The lowest BCUT2D eigenvalue weighted by atomic mass is 10.2. The number of ether oxygens (including phenoxy) is 1. The molecule has 2 aromatic carbocycles. The number of hydrogen-bond donors (Lipinski definition) is 2. The summed E-state index contributed by atoms with van der Waals surface area (Å²) in [4.78, 5) is 30.1. The lowest BCUT2D eigenvalue weighted by Crippen LogP contribution is -2.38. The lowest BCUT2D eigenvalue weighted by Gasteiger charge is -2.18. The zero-order valence-electron chi connectivity index (χ0n) is 17.7. The maximum absolute atomic E-state index is 12.2. The number of carbonyl (C=O) groups is 2. The van der Waals surface area contributed by atoms with Gasteiger partial charge in [-0.3, -0.25) is 4.79 Å². The van der Waals surface area contributed by atoms with Gasteiger partial charge in [-0.25, -0.2) is 9.78 Å². The van der Waals surface area contributed by atoms with Crippen molar-refractivity contribution in [2.45, 2.75) is 19.6 Å². The van der Waals surface area contributed by atoms with Gasteiger partial charge in [0.2, 0.25) is 5.91 Å². The molecule has 3 aromatic rings. The summed E-state index contributed by atoms with van der Waals surface area (Å²) in [6.45, 7) is 1.13. The monoisotopic (exact) mass is 421 g/mol. The molecule has 2 N–H and O–H groups in total. The highest BCUT2D eigenvalue weighted by atomic mass is 16.5. The molecule has 0 radical (unpaired) electrons. The van der Waals surface area contributed by atoms with Crippen LogP contribution in [0.3, 0.4) is 0 Å². The Balaban J connectivity index is 1.36. The zero-order chi connectivity index (χ0) is 22.1. The standard InChI is InChI=1S/C23H27N5O3/c1-27-15-14-24-21(27)17-31-20-10-8-19(9-11-20)26-22(29)12-13-25-23(30)28(2)16-18-6-4-3-5-7-18/h3-11,14-15H,12-13,16-17H2,1-2H3,(H,25,30)(H,26,29). The van der Waals surface area contributed by atoms with Crippen molar-refractivity contribution in [1.29, 1.82) is 0 Å². The molecular weight excluding hydrogens is 394 g/mol. The molecule has 0 aliphatic carbocycles. The zero-order valence-corrected chi connectivity index (χ0v) is 17.7. The van der Waals surface area contributed by atoms with E-state index in [1.54, 1.807) is 42.4 Å². The van der Waals surface area contributed by atoms with Gasteiger partial charge >= 0.3 is 6.03 Å². The maximum Gasteiger partial charge on any atom is 0.317 e. The van der Waals surface area contributed by atoms with Crippen LogP contribution in [0.25, 0.3) is 0 Å². The first-order chi connectivity index (χ1) is 15.0. The molecule has 0 atom stereocenters. The summed E-state index contributed by atoms with van der Waals surface area (Å²) in [6.07, 6.45) is 3.77. The van der Waals surface area contributed by atoms with Gasteiger partial charge in [-0.1, -0.05) is 30.3 Å². The molecule has 162 valence electrons. The molecule has 3 rings (SSSR count). The summed E-state index contributed by atoms with van der Waals surface area (Å²) in [5.41, 5.74) is 1.71. The van der Waals surface area contributed by atoms with Gasteiger partial charge in [0.15, 0.2) is 0 Å². The first-order valence-corrected chi connectivity index (χ1v) is 10.0. The van der Waals surface area contributed by atoms with Crippen LogP contribution in [0.15, 0.2) is 67.0 Å². The van der Waals surface area contributed by atoms with E-state index in [2.05, 4.69) is 15.6 Å². The molecule has 1 aromatic heterocycles.